The highest BCUT2D eigenvalue weighted by Gasteiger charge is 2.37. The van der Waals surface area contributed by atoms with Gasteiger partial charge >= 0.3 is 0 Å². The van der Waals surface area contributed by atoms with Crippen LogP contribution < -0.4 is 10.1 Å². The van der Waals surface area contributed by atoms with E-state index in [0.29, 0.717) is 5.41 Å². The summed E-state index contributed by atoms with van der Waals surface area (Å²) in [6, 6.07) is 8.31. The van der Waals surface area contributed by atoms with Crippen LogP contribution in [0.25, 0.3) is 11.0 Å². The molecule has 1 unspecified atom stereocenters. The van der Waals surface area contributed by atoms with Crippen LogP contribution in [0.15, 0.2) is 28.7 Å². The van der Waals surface area contributed by atoms with Gasteiger partial charge in [0.15, 0.2) is 11.3 Å². The second-order valence-electron chi connectivity index (χ2n) is 5.94. The Morgan fingerprint density at radius 1 is 1.42 bits per heavy atom. The quantitative estimate of drug-likeness (QED) is 0.884. The minimum absolute atomic E-state index is 0.231. The molecule has 1 saturated carbocycles. The first-order chi connectivity index (χ1) is 9.11. The third-order valence-electron chi connectivity index (χ3n) is 4.11. The van der Waals surface area contributed by atoms with Crippen LogP contribution in [0.2, 0.25) is 0 Å². The van der Waals surface area contributed by atoms with Crippen molar-refractivity contribution in [3.05, 3.63) is 30.0 Å². The lowest BCUT2D eigenvalue weighted by molar-refractivity contribution is 0.389. The number of ether oxygens (including phenoxy) is 1. The molecule has 1 atom stereocenters. The van der Waals surface area contributed by atoms with E-state index in [1.807, 2.05) is 12.1 Å². The maximum absolute atomic E-state index is 5.95. The number of para-hydroxylation sites is 1. The molecule has 3 nitrogen and oxygen atoms in total. The summed E-state index contributed by atoms with van der Waals surface area (Å²) < 4.78 is 11.3. The SMILES string of the molecule is COc1cccc2cc(C(C)NCC3(C)CC3)oc12. The fourth-order valence-electron chi connectivity index (χ4n) is 2.32. The van der Waals surface area contributed by atoms with Crippen molar-refractivity contribution in [2.75, 3.05) is 13.7 Å². The fraction of sp³-hybridized carbons (Fsp3) is 0.500. The second kappa shape index (κ2) is 4.57. The van der Waals surface area contributed by atoms with Crippen LogP contribution in [0, 0.1) is 5.41 Å². The number of rotatable bonds is 5. The van der Waals surface area contributed by atoms with Crippen LogP contribution >= 0.6 is 0 Å². The number of benzene rings is 1. The van der Waals surface area contributed by atoms with Crippen molar-refractivity contribution in [1.29, 1.82) is 0 Å². The molecule has 0 saturated heterocycles. The third kappa shape index (κ3) is 2.47. The highest BCUT2D eigenvalue weighted by molar-refractivity contribution is 5.83. The highest BCUT2D eigenvalue weighted by atomic mass is 16.5. The normalized spacial score (nSPS) is 18.5. The molecule has 1 heterocycles. The van der Waals surface area contributed by atoms with Gasteiger partial charge in [0.1, 0.15) is 5.76 Å². The Bertz CT molecular complexity index is 583. The third-order valence-corrected chi connectivity index (χ3v) is 4.11. The van der Waals surface area contributed by atoms with Gasteiger partial charge in [-0.05, 0) is 37.3 Å². The highest BCUT2D eigenvalue weighted by Crippen LogP contribution is 2.44. The Kier molecular flexibility index (Phi) is 3.02. The Labute approximate surface area is 113 Å². The Hall–Kier alpha value is -1.48. The average Bonchev–Trinajstić information content (AvgIpc) is 2.99. The lowest BCUT2D eigenvalue weighted by atomic mass is 10.1. The zero-order chi connectivity index (χ0) is 13.5. The predicted octanol–water partition coefficient (Wildman–Crippen LogP) is 3.89. The summed E-state index contributed by atoms with van der Waals surface area (Å²) >= 11 is 0. The van der Waals surface area contributed by atoms with Gasteiger partial charge in [0, 0.05) is 11.9 Å². The monoisotopic (exact) mass is 259 g/mol. The van der Waals surface area contributed by atoms with Gasteiger partial charge in [-0.25, -0.2) is 0 Å². The zero-order valence-electron chi connectivity index (χ0n) is 11.8. The zero-order valence-corrected chi connectivity index (χ0v) is 11.8. The van der Waals surface area contributed by atoms with E-state index in [1.54, 1.807) is 7.11 Å². The van der Waals surface area contributed by atoms with Crippen molar-refractivity contribution < 1.29 is 9.15 Å². The number of hydrogen-bond acceptors (Lipinski definition) is 3. The molecule has 0 radical (unpaired) electrons. The van der Waals surface area contributed by atoms with Gasteiger partial charge in [-0.1, -0.05) is 19.1 Å². The number of nitrogens with one attached hydrogen (secondary N) is 1. The molecular formula is C16H21NO2. The summed E-state index contributed by atoms with van der Waals surface area (Å²) in [7, 11) is 1.67. The van der Waals surface area contributed by atoms with E-state index in [-0.39, 0.29) is 6.04 Å². The van der Waals surface area contributed by atoms with Crippen molar-refractivity contribution in [2.45, 2.75) is 32.7 Å². The summed E-state index contributed by atoms with van der Waals surface area (Å²) in [6.07, 6.45) is 2.67. The first kappa shape index (κ1) is 12.5. The van der Waals surface area contributed by atoms with Crippen LogP contribution in [0.5, 0.6) is 5.75 Å². The molecule has 1 fully saturated rings. The molecule has 3 rings (SSSR count). The van der Waals surface area contributed by atoms with Crippen molar-refractivity contribution in [3.8, 4) is 5.75 Å². The molecule has 0 amide bonds. The number of methoxy groups -OCH3 is 1. The van der Waals surface area contributed by atoms with E-state index in [0.717, 1.165) is 29.0 Å². The molecule has 102 valence electrons. The Morgan fingerprint density at radius 2 is 2.21 bits per heavy atom. The number of hydrogen-bond donors (Lipinski definition) is 1. The van der Waals surface area contributed by atoms with E-state index in [1.165, 1.54) is 12.8 Å². The van der Waals surface area contributed by atoms with E-state index in [4.69, 9.17) is 9.15 Å². The summed E-state index contributed by atoms with van der Waals surface area (Å²) in [5, 5.41) is 4.66. The van der Waals surface area contributed by atoms with Crippen LogP contribution in [0.1, 0.15) is 38.5 Å². The van der Waals surface area contributed by atoms with E-state index in [9.17, 15) is 0 Å². The van der Waals surface area contributed by atoms with Gasteiger partial charge in [-0.15, -0.1) is 0 Å². The summed E-state index contributed by atoms with van der Waals surface area (Å²) in [4.78, 5) is 0. The second-order valence-corrected chi connectivity index (χ2v) is 5.94. The van der Waals surface area contributed by atoms with Crippen LogP contribution in [-0.4, -0.2) is 13.7 Å². The summed E-state index contributed by atoms with van der Waals surface area (Å²) in [6.45, 7) is 5.53. The maximum atomic E-state index is 5.95. The smallest absolute Gasteiger partial charge is 0.176 e. The molecule has 1 aliphatic carbocycles. The maximum Gasteiger partial charge on any atom is 0.176 e. The summed E-state index contributed by atoms with van der Waals surface area (Å²) in [5.41, 5.74) is 1.35. The lowest BCUT2D eigenvalue weighted by Crippen LogP contribution is -2.24. The standard InChI is InChI=1S/C16H21NO2/c1-11(17-10-16(2)7-8-16)14-9-12-5-4-6-13(18-3)15(12)19-14/h4-6,9,11,17H,7-8,10H2,1-3H3. The molecule has 3 heteroatoms. The van der Waals surface area contributed by atoms with E-state index >= 15 is 0 Å². The molecular weight excluding hydrogens is 238 g/mol. The van der Waals surface area contributed by atoms with Gasteiger partial charge in [0.05, 0.1) is 13.2 Å². The Morgan fingerprint density at radius 3 is 2.89 bits per heavy atom. The van der Waals surface area contributed by atoms with E-state index in [2.05, 4.69) is 31.3 Å². The molecule has 0 bridgehead atoms. The lowest BCUT2D eigenvalue weighted by Gasteiger charge is -2.14. The van der Waals surface area contributed by atoms with Gasteiger partial charge in [-0.2, -0.15) is 0 Å². The van der Waals surface area contributed by atoms with Crippen LogP contribution in [-0.2, 0) is 0 Å². The number of fused-ring (bicyclic) bond motifs is 1. The van der Waals surface area contributed by atoms with Crippen molar-refractivity contribution in [1.82, 2.24) is 5.32 Å². The van der Waals surface area contributed by atoms with Gasteiger partial charge in [-0.3, -0.25) is 0 Å². The Balaban J connectivity index is 1.80. The molecule has 0 aliphatic heterocycles. The van der Waals surface area contributed by atoms with E-state index < -0.39 is 0 Å². The van der Waals surface area contributed by atoms with Crippen LogP contribution in [0.4, 0.5) is 0 Å². The first-order valence-electron chi connectivity index (χ1n) is 6.91. The minimum atomic E-state index is 0.231. The molecule has 2 aromatic rings. The molecule has 19 heavy (non-hydrogen) atoms. The van der Waals surface area contributed by atoms with Gasteiger partial charge < -0.3 is 14.5 Å². The van der Waals surface area contributed by atoms with Crippen LogP contribution in [0.3, 0.4) is 0 Å². The molecule has 1 aromatic heterocycles. The van der Waals surface area contributed by atoms with Gasteiger partial charge in [0.25, 0.3) is 0 Å². The topological polar surface area (TPSA) is 34.4 Å². The van der Waals surface area contributed by atoms with Crippen molar-refractivity contribution in [3.63, 3.8) is 0 Å². The van der Waals surface area contributed by atoms with Gasteiger partial charge in [0.2, 0.25) is 0 Å². The van der Waals surface area contributed by atoms with Crippen molar-refractivity contribution >= 4 is 11.0 Å². The first-order valence-corrected chi connectivity index (χ1v) is 6.91. The molecule has 0 spiro atoms. The average molecular weight is 259 g/mol. The van der Waals surface area contributed by atoms with Crippen molar-refractivity contribution in [2.24, 2.45) is 5.41 Å². The minimum Gasteiger partial charge on any atom is -0.493 e. The molecule has 1 aliphatic rings. The molecule has 1 N–H and O–H groups in total. The fourth-order valence-corrected chi connectivity index (χ4v) is 2.32. The largest absolute Gasteiger partial charge is 0.493 e. The predicted molar refractivity (Wildman–Crippen MR) is 76.5 cm³/mol. The number of furan rings is 1. The molecule has 1 aromatic carbocycles. The summed E-state index contributed by atoms with van der Waals surface area (Å²) in [5.74, 6) is 1.77.